The predicted octanol–water partition coefficient (Wildman–Crippen LogP) is 5.88. The lowest BCUT2D eigenvalue weighted by Gasteiger charge is -2.38. The van der Waals surface area contributed by atoms with E-state index >= 15 is 0 Å². The topological polar surface area (TPSA) is 71.1 Å². The molecule has 4 bridgehead atoms. The van der Waals surface area contributed by atoms with Crippen LogP contribution in [-0.2, 0) is 9.59 Å². The number of rotatable bonds is 4. The van der Waals surface area contributed by atoms with Gasteiger partial charge in [0.2, 0.25) is 11.8 Å². The van der Waals surface area contributed by atoms with E-state index < -0.39 is 0 Å². The Morgan fingerprint density at radius 1 is 0.844 bits per heavy atom. The number of fused-ring (bicyclic) bond motifs is 4. The molecule has 0 saturated heterocycles. The van der Waals surface area contributed by atoms with Gasteiger partial charge in [-0.15, -0.1) is 0 Å². The molecule has 32 heavy (non-hydrogen) atoms. The van der Waals surface area contributed by atoms with Crippen LogP contribution >= 0.6 is 0 Å². The Morgan fingerprint density at radius 3 is 1.78 bits per heavy atom. The molecule has 1 heterocycles. The van der Waals surface area contributed by atoms with Gasteiger partial charge in [0.25, 0.3) is 0 Å². The smallest absolute Gasteiger partial charge is 0.229 e. The van der Waals surface area contributed by atoms with Gasteiger partial charge in [-0.1, -0.05) is 41.5 Å². The van der Waals surface area contributed by atoms with Crippen LogP contribution in [0.1, 0.15) is 80.1 Å². The number of nitrogens with zero attached hydrogens (tertiary/aromatic N) is 1. The highest BCUT2D eigenvalue weighted by molar-refractivity contribution is 6.00. The average molecular weight is 438 g/mol. The molecule has 5 heteroatoms. The summed E-state index contributed by atoms with van der Waals surface area (Å²) in [6.45, 7) is 13.9. The van der Waals surface area contributed by atoms with Crippen molar-refractivity contribution < 1.29 is 9.59 Å². The Kier molecular flexibility index (Phi) is 4.66. The van der Waals surface area contributed by atoms with Crippen LogP contribution in [0.5, 0.6) is 0 Å². The molecule has 5 rings (SSSR count). The molecular formula is C27H39N3O2. The lowest BCUT2D eigenvalue weighted by Crippen LogP contribution is -2.39. The Morgan fingerprint density at radius 2 is 1.34 bits per heavy atom. The lowest BCUT2D eigenvalue weighted by atomic mass is 9.66. The van der Waals surface area contributed by atoms with Crippen molar-refractivity contribution >= 4 is 23.3 Å². The molecule has 0 spiro atoms. The fraction of sp³-hybridized carbons (Fsp3) is 0.741. The van der Waals surface area contributed by atoms with Crippen molar-refractivity contribution in [3.63, 3.8) is 0 Å². The Bertz CT molecular complexity index is 892. The predicted molar refractivity (Wildman–Crippen MR) is 127 cm³/mol. The molecule has 0 radical (unpaired) electrons. The summed E-state index contributed by atoms with van der Waals surface area (Å²) in [5.74, 6) is 1.80. The number of nitrogens with one attached hydrogen (secondary N) is 2. The number of pyridine rings is 1. The molecule has 1 aromatic rings. The first-order valence-corrected chi connectivity index (χ1v) is 12.5. The molecule has 0 aromatic carbocycles. The molecule has 6 unspecified atom stereocenters. The number of carbonyl (C=O) groups is 2. The highest BCUT2D eigenvalue weighted by atomic mass is 16.2. The third-order valence-electron chi connectivity index (χ3n) is 11.5. The van der Waals surface area contributed by atoms with Gasteiger partial charge in [0.05, 0.1) is 5.69 Å². The van der Waals surface area contributed by atoms with E-state index in [-0.39, 0.29) is 45.3 Å². The number of hydrogen-bond acceptors (Lipinski definition) is 3. The molecule has 0 aliphatic heterocycles. The van der Waals surface area contributed by atoms with Crippen molar-refractivity contribution in [1.29, 1.82) is 0 Å². The van der Waals surface area contributed by atoms with Crippen molar-refractivity contribution in [3.05, 3.63) is 18.3 Å². The summed E-state index contributed by atoms with van der Waals surface area (Å²) in [5.41, 5.74) is 1.02. The molecule has 4 aliphatic rings. The highest BCUT2D eigenvalue weighted by Crippen LogP contribution is 2.69. The summed E-state index contributed by atoms with van der Waals surface area (Å²) in [6, 6.07) is 3.67. The zero-order chi connectivity index (χ0) is 23.1. The standard InChI is InChI=1S/C27H39N3O2/c1-24(2)16-9-11-26(24,5)18(14-16)22(31)29-20-8-7-13-28-21(20)30-23(32)19-15-17-10-12-27(19,6)25(17,3)4/h7-8,13,16-19H,9-12,14-15H2,1-6H3,(H,29,31)(H,28,30,32). The maximum absolute atomic E-state index is 13.4. The van der Waals surface area contributed by atoms with Crippen molar-refractivity contribution in [2.24, 2.45) is 45.3 Å². The second-order valence-corrected chi connectivity index (χ2v) is 12.7. The normalized spacial score (nSPS) is 40.4. The molecule has 4 saturated carbocycles. The maximum atomic E-state index is 13.4. The monoisotopic (exact) mass is 437 g/mol. The van der Waals surface area contributed by atoms with Crippen LogP contribution in [0.4, 0.5) is 11.5 Å². The second kappa shape index (κ2) is 6.80. The number of hydrogen-bond donors (Lipinski definition) is 2. The van der Waals surface area contributed by atoms with E-state index in [1.165, 1.54) is 12.8 Å². The first kappa shape index (κ1) is 21.9. The van der Waals surface area contributed by atoms with Crippen LogP contribution in [0.3, 0.4) is 0 Å². The Hall–Kier alpha value is -1.91. The van der Waals surface area contributed by atoms with Crippen LogP contribution in [0.2, 0.25) is 0 Å². The molecular weight excluding hydrogens is 398 g/mol. The van der Waals surface area contributed by atoms with E-state index in [4.69, 9.17) is 0 Å². The minimum atomic E-state index is -0.00733. The quantitative estimate of drug-likeness (QED) is 0.617. The van der Waals surface area contributed by atoms with Gasteiger partial charge >= 0.3 is 0 Å². The Labute approximate surface area is 192 Å². The molecule has 2 amide bonds. The van der Waals surface area contributed by atoms with E-state index in [1.807, 2.05) is 12.1 Å². The zero-order valence-corrected chi connectivity index (χ0v) is 20.5. The molecule has 5 nitrogen and oxygen atoms in total. The first-order valence-electron chi connectivity index (χ1n) is 12.5. The van der Waals surface area contributed by atoms with Gasteiger partial charge in [0.15, 0.2) is 5.82 Å². The van der Waals surface area contributed by atoms with Gasteiger partial charge in [0, 0.05) is 18.0 Å². The van der Waals surface area contributed by atoms with Gasteiger partial charge < -0.3 is 10.6 Å². The molecule has 174 valence electrons. The summed E-state index contributed by atoms with van der Waals surface area (Å²) in [6.07, 6.45) is 8.23. The van der Waals surface area contributed by atoms with Crippen LogP contribution in [0.25, 0.3) is 0 Å². The molecule has 1 aromatic heterocycles. The molecule has 4 fully saturated rings. The van der Waals surface area contributed by atoms with Crippen LogP contribution < -0.4 is 10.6 Å². The van der Waals surface area contributed by atoms with Gasteiger partial charge in [0.1, 0.15) is 0 Å². The average Bonchev–Trinajstić information content (AvgIpc) is 3.26. The van der Waals surface area contributed by atoms with Crippen molar-refractivity contribution in [3.8, 4) is 0 Å². The molecule has 2 N–H and O–H groups in total. The number of carbonyl (C=O) groups excluding carboxylic acids is 2. The Balaban J connectivity index is 1.33. The minimum Gasteiger partial charge on any atom is -0.323 e. The summed E-state index contributed by atoms with van der Waals surface area (Å²) in [5, 5.41) is 6.23. The minimum absolute atomic E-state index is 0.00489. The lowest BCUT2D eigenvalue weighted by molar-refractivity contribution is -0.125. The van der Waals surface area contributed by atoms with E-state index in [0.29, 0.717) is 23.3 Å². The van der Waals surface area contributed by atoms with E-state index in [2.05, 4.69) is 57.2 Å². The van der Waals surface area contributed by atoms with Gasteiger partial charge in [-0.3, -0.25) is 9.59 Å². The second-order valence-electron chi connectivity index (χ2n) is 12.7. The fourth-order valence-corrected chi connectivity index (χ4v) is 8.23. The summed E-state index contributed by atoms with van der Waals surface area (Å²) >= 11 is 0. The largest absolute Gasteiger partial charge is 0.323 e. The fourth-order valence-electron chi connectivity index (χ4n) is 8.23. The van der Waals surface area contributed by atoms with Gasteiger partial charge in [-0.2, -0.15) is 0 Å². The third kappa shape index (κ3) is 2.72. The van der Waals surface area contributed by atoms with E-state index in [9.17, 15) is 9.59 Å². The first-order chi connectivity index (χ1) is 14.9. The summed E-state index contributed by atoms with van der Waals surface area (Å²) in [4.78, 5) is 31.2. The summed E-state index contributed by atoms with van der Waals surface area (Å²) in [7, 11) is 0. The van der Waals surface area contributed by atoms with Crippen molar-refractivity contribution in [2.45, 2.75) is 80.1 Å². The number of anilines is 2. The SMILES string of the molecule is CC1(C)C2CCC1(C)C(C(=O)Nc1cccnc1NC(=O)C1CC3CCC1(C)C3(C)C)C2. The number of aromatic nitrogens is 1. The van der Waals surface area contributed by atoms with E-state index in [1.54, 1.807) is 6.20 Å². The highest BCUT2D eigenvalue weighted by Gasteiger charge is 2.64. The van der Waals surface area contributed by atoms with Crippen molar-refractivity contribution in [1.82, 2.24) is 4.98 Å². The maximum Gasteiger partial charge on any atom is 0.229 e. The molecule has 4 aliphatic carbocycles. The summed E-state index contributed by atoms with van der Waals surface area (Å²) < 4.78 is 0. The van der Waals surface area contributed by atoms with Crippen LogP contribution in [-0.4, -0.2) is 16.8 Å². The zero-order valence-electron chi connectivity index (χ0n) is 20.5. The van der Waals surface area contributed by atoms with Gasteiger partial charge in [-0.05, 0) is 84.2 Å². The number of amides is 2. The van der Waals surface area contributed by atoms with E-state index in [0.717, 1.165) is 25.7 Å². The molecule has 6 atom stereocenters. The van der Waals surface area contributed by atoms with Gasteiger partial charge in [-0.25, -0.2) is 4.98 Å². The third-order valence-corrected chi connectivity index (χ3v) is 11.5. The van der Waals surface area contributed by atoms with Crippen molar-refractivity contribution in [2.75, 3.05) is 10.6 Å². The van der Waals surface area contributed by atoms with Crippen LogP contribution in [0, 0.1) is 45.3 Å². The van der Waals surface area contributed by atoms with Crippen LogP contribution in [0.15, 0.2) is 18.3 Å².